The Kier molecular flexibility index (Phi) is 4.60. The van der Waals surface area contributed by atoms with Crippen LogP contribution in [0.2, 0.25) is 0 Å². The van der Waals surface area contributed by atoms with Crippen molar-refractivity contribution in [1.29, 1.82) is 0 Å². The highest BCUT2D eigenvalue weighted by Crippen LogP contribution is 2.17. The van der Waals surface area contributed by atoms with Crippen molar-refractivity contribution in [2.75, 3.05) is 13.7 Å². The topological polar surface area (TPSA) is 58.6 Å². The van der Waals surface area contributed by atoms with E-state index in [4.69, 9.17) is 4.74 Å². The highest BCUT2D eigenvalue weighted by molar-refractivity contribution is 5.96. The number of para-hydroxylation sites is 2. The third-order valence-electron chi connectivity index (χ3n) is 3.02. The number of phenols is 1. The van der Waals surface area contributed by atoms with Crippen LogP contribution in [-0.4, -0.2) is 24.7 Å². The normalized spacial score (nSPS) is 10.1. The second-order valence-corrected chi connectivity index (χ2v) is 4.33. The maximum atomic E-state index is 12.0. The number of hydrogen-bond acceptors (Lipinski definition) is 3. The molecule has 0 spiro atoms. The van der Waals surface area contributed by atoms with Crippen molar-refractivity contribution in [3.63, 3.8) is 0 Å². The van der Waals surface area contributed by atoms with Gasteiger partial charge in [0.15, 0.2) is 0 Å². The molecule has 1 amide bonds. The van der Waals surface area contributed by atoms with Gasteiger partial charge in [0.25, 0.3) is 5.91 Å². The molecule has 0 radical (unpaired) electrons. The van der Waals surface area contributed by atoms with Crippen LogP contribution >= 0.6 is 0 Å². The Morgan fingerprint density at radius 2 is 1.85 bits per heavy atom. The monoisotopic (exact) mass is 271 g/mol. The van der Waals surface area contributed by atoms with E-state index in [9.17, 15) is 9.90 Å². The SMILES string of the molecule is COc1ccccc1C(=O)NCCc1ccccc1O. The van der Waals surface area contributed by atoms with Crippen LogP contribution in [0.1, 0.15) is 15.9 Å². The van der Waals surface area contributed by atoms with Gasteiger partial charge in [-0.05, 0) is 30.2 Å². The number of hydrogen-bond donors (Lipinski definition) is 2. The Labute approximate surface area is 118 Å². The number of ether oxygens (including phenoxy) is 1. The van der Waals surface area contributed by atoms with Gasteiger partial charge < -0.3 is 15.2 Å². The molecule has 4 nitrogen and oxygen atoms in total. The van der Waals surface area contributed by atoms with Crippen molar-refractivity contribution in [3.8, 4) is 11.5 Å². The summed E-state index contributed by atoms with van der Waals surface area (Å²) < 4.78 is 5.15. The number of aromatic hydroxyl groups is 1. The van der Waals surface area contributed by atoms with Gasteiger partial charge in [-0.1, -0.05) is 30.3 Å². The summed E-state index contributed by atoms with van der Waals surface area (Å²) in [5, 5.41) is 12.5. The smallest absolute Gasteiger partial charge is 0.255 e. The average Bonchev–Trinajstić information content (AvgIpc) is 2.49. The molecule has 0 saturated heterocycles. The Morgan fingerprint density at radius 1 is 1.15 bits per heavy atom. The van der Waals surface area contributed by atoms with E-state index in [1.165, 1.54) is 7.11 Å². The average molecular weight is 271 g/mol. The minimum atomic E-state index is -0.183. The maximum absolute atomic E-state index is 12.0. The van der Waals surface area contributed by atoms with E-state index < -0.39 is 0 Å². The first-order chi connectivity index (χ1) is 9.72. The molecule has 0 aliphatic carbocycles. The standard InChI is InChI=1S/C16H17NO3/c1-20-15-9-5-3-7-13(15)16(19)17-11-10-12-6-2-4-8-14(12)18/h2-9,18H,10-11H2,1H3,(H,17,19). The molecule has 0 bridgehead atoms. The van der Waals surface area contributed by atoms with E-state index in [-0.39, 0.29) is 11.7 Å². The summed E-state index contributed by atoms with van der Waals surface area (Å²) in [7, 11) is 1.54. The molecule has 104 valence electrons. The van der Waals surface area contributed by atoms with Crippen LogP contribution in [0.4, 0.5) is 0 Å². The maximum Gasteiger partial charge on any atom is 0.255 e. The molecule has 4 heteroatoms. The molecule has 0 aliphatic rings. The summed E-state index contributed by atoms with van der Waals surface area (Å²) in [6.07, 6.45) is 0.577. The van der Waals surface area contributed by atoms with Crippen LogP contribution < -0.4 is 10.1 Å². The fourth-order valence-corrected chi connectivity index (χ4v) is 1.96. The molecular weight excluding hydrogens is 254 g/mol. The molecule has 2 N–H and O–H groups in total. The summed E-state index contributed by atoms with van der Waals surface area (Å²) in [5.74, 6) is 0.615. The van der Waals surface area contributed by atoms with Crippen molar-refractivity contribution in [2.45, 2.75) is 6.42 Å². The number of carbonyl (C=O) groups excluding carboxylic acids is 1. The van der Waals surface area contributed by atoms with E-state index in [1.807, 2.05) is 18.2 Å². The van der Waals surface area contributed by atoms with Crippen LogP contribution in [0.15, 0.2) is 48.5 Å². The van der Waals surface area contributed by atoms with Crippen LogP contribution in [0.3, 0.4) is 0 Å². The largest absolute Gasteiger partial charge is 0.508 e. The first-order valence-electron chi connectivity index (χ1n) is 6.40. The quantitative estimate of drug-likeness (QED) is 0.877. The van der Waals surface area contributed by atoms with Gasteiger partial charge in [0, 0.05) is 6.54 Å². The minimum Gasteiger partial charge on any atom is -0.508 e. The predicted molar refractivity (Wildman–Crippen MR) is 77.1 cm³/mol. The number of carbonyl (C=O) groups is 1. The van der Waals surface area contributed by atoms with E-state index in [0.29, 0.717) is 24.3 Å². The van der Waals surface area contributed by atoms with Crippen molar-refractivity contribution in [1.82, 2.24) is 5.32 Å². The van der Waals surface area contributed by atoms with E-state index in [0.717, 1.165) is 5.56 Å². The number of methoxy groups -OCH3 is 1. The van der Waals surface area contributed by atoms with Gasteiger partial charge in [-0.25, -0.2) is 0 Å². The lowest BCUT2D eigenvalue weighted by molar-refractivity contribution is 0.0951. The van der Waals surface area contributed by atoms with E-state index in [2.05, 4.69) is 5.32 Å². The Balaban J connectivity index is 1.94. The second kappa shape index (κ2) is 6.61. The summed E-state index contributed by atoms with van der Waals surface area (Å²) in [6, 6.07) is 14.2. The number of phenolic OH excluding ortho intramolecular Hbond substituents is 1. The number of rotatable bonds is 5. The summed E-state index contributed by atoms with van der Waals surface area (Å²) in [5.41, 5.74) is 1.32. The molecule has 0 fully saturated rings. The Morgan fingerprint density at radius 3 is 2.60 bits per heavy atom. The molecule has 2 rings (SSSR count). The second-order valence-electron chi connectivity index (χ2n) is 4.33. The first kappa shape index (κ1) is 13.9. The predicted octanol–water partition coefficient (Wildman–Crippen LogP) is 2.37. The van der Waals surface area contributed by atoms with Gasteiger partial charge in [-0.3, -0.25) is 4.79 Å². The lowest BCUT2D eigenvalue weighted by Crippen LogP contribution is -2.26. The lowest BCUT2D eigenvalue weighted by Gasteiger charge is -2.09. The first-order valence-corrected chi connectivity index (χ1v) is 6.40. The van der Waals surface area contributed by atoms with Gasteiger partial charge in [0.05, 0.1) is 12.7 Å². The summed E-state index contributed by atoms with van der Waals surface area (Å²) >= 11 is 0. The van der Waals surface area contributed by atoms with E-state index in [1.54, 1.807) is 30.3 Å². The minimum absolute atomic E-state index is 0.183. The molecule has 0 atom stereocenters. The van der Waals surface area contributed by atoms with Gasteiger partial charge in [0.2, 0.25) is 0 Å². The van der Waals surface area contributed by atoms with Crippen molar-refractivity contribution < 1.29 is 14.6 Å². The van der Waals surface area contributed by atoms with Crippen LogP contribution in [0, 0.1) is 0 Å². The zero-order valence-electron chi connectivity index (χ0n) is 11.3. The van der Waals surface area contributed by atoms with Crippen molar-refractivity contribution in [3.05, 3.63) is 59.7 Å². The number of amides is 1. The van der Waals surface area contributed by atoms with Gasteiger partial charge in [-0.2, -0.15) is 0 Å². The fourth-order valence-electron chi connectivity index (χ4n) is 1.96. The van der Waals surface area contributed by atoms with Gasteiger partial charge in [-0.15, -0.1) is 0 Å². The zero-order chi connectivity index (χ0) is 14.4. The summed E-state index contributed by atoms with van der Waals surface area (Å²) in [6.45, 7) is 0.453. The van der Waals surface area contributed by atoms with Crippen LogP contribution in [-0.2, 0) is 6.42 Å². The molecule has 0 saturated carbocycles. The zero-order valence-corrected chi connectivity index (χ0v) is 11.3. The molecule has 0 aromatic heterocycles. The van der Waals surface area contributed by atoms with Crippen LogP contribution in [0.5, 0.6) is 11.5 Å². The van der Waals surface area contributed by atoms with Gasteiger partial charge >= 0.3 is 0 Å². The fraction of sp³-hybridized carbons (Fsp3) is 0.188. The molecule has 0 unspecified atom stereocenters. The molecule has 2 aromatic rings. The Hall–Kier alpha value is -2.49. The summed E-state index contributed by atoms with van der Waals surface area (Å²) in [4.78, 5) is 12.0. The molecule has 0 heterocycles. The molecular formula is C16H17NO3. The Bertz CT molecular complexity index is 596. The molecule has 0 aliphatic heterocycles. The number of benzene rings is 2. The van der Waals surface area contributed by atoms with E-state index >= 15 is 0 Å². The number of nitrogens with one attached hydrogen (secondary N) is 1. The van der Waals surface area contributed by atoms with Crippen molar-refractivity contribution >= 4 is 5.91 Å². The highest BCUT2D eigenvalue weighted by atomic mass is 16.5. The third-order valence-corrected chi connectivity index (χ3v) is 3.02. The molecule has 20 heavy (non-hydrogen) atoms. The highest BCUT2D eigenvalue weighted by Gasteiger charge is 2.10. The lowest BCUT2D eigenvalue weighted by atomic mass is 10.1. The van der Waals surface area contributed by atoms with Crippen LogP contribution in [0.25, 0.3) is 0 Å². The van der Waals surface area contributed by atoms with Gasteiger partial charge in [0.1, 0.15) is 11.5 Å². The molecule has 2 aromatic carbocycles. The third kappa shape index (κ3) is 3.29. The van der Waals surface area contributed by atoms with Crippen molar-refractivity contribution in [2.24, 2.45) is 0 Å².